The van der Waals surface area contributed by atoms with Crippen LogP contribution in [0.5, 0.6) is 0 Å². The van der Waals surface area contributed by atoms with Crippen LogP contribution in [0.3, 0.4) is 0 Å². The van der Waals surface area contributed by atoms with Crippen LogP contribution in [0.25, 0.3) is 10.7 Å². The van der Waals surface area contributed by atoms with Crippen molar-refractivity contribution in [3.05, 3.63) is 64.6 Å². The van der Waals surface area contributed by atoms with E-state index in [0.717, 1.165) is 16.3 Å². The van der Waals surface area contributed by atoms with Crippen molar-refractivity contribution >= 4 is 46.4 Å². The minimum atomic E-state index is -0.131. The minimum Gasteiger partial charge on any atom is -0.310 e. The van der Waals surface area contributed by atoms with Gasteiger partial charge in [0.15, 0.2) is 11.0 Å². The third-order valence-corrected chi connectivity index (χ3v) is 6.28. The Morgan fingerprint density at radius 1 is 1.21 bits per heavy atom. The van der Waals surface area contributed by atoms with E-state index in [2.05, 4.69) is 20.6 Å². The summed E-state index contributed by atoms with van der Waals surface area (Å²) in [5, 5.41) is 19.0. The largest absolute Gasteiger partial charge is 0.310 e. The predicted molar refractivity (Wildman–Crippen MR) is 116 cm³/mol. The fourth-order valence-corrected chi connectivity index (χ4v) is 4.28. The van der Waals surface area contributed by atoms with E-state index < -0.39 is 0 Å². The van der Waals surface area contributed by atoms with Crippen LogP contribution in [0.2, 0.25) is 5.02 Å². The van der Waals surface area contributed by atoms with Crippen molar-refractivity contribution in [2.45, 2.75) is 11.7 Å². The van der Waals surface area contributed by atoms with E-state index in [9.17, 15) is 4.79 Å². The molecule has 3 aromatic heterocycles. The van der Waals surface area contributed by atoms with E-state index in [0.29, 0.717) is 22.5 Å². The zero-order valence-corrected chi connectivity index (χ0v) is 17.8. The molecule has 0 saturated heterocycles. The molecule has 0 aliphatic carbocycles. The summed E-state index contributed by atoms with van der Waals surface area (Å²) in [6.45, 7) is 0.542. The van der Waals surface area contributed by atoms with Crippen LogP contribution in [0, 0.1) is 0 Å². The normalized spacial score (nSPS) is 11.0. The average Bonchev–Trinajstić information content (AvgIpc) is 3.45. The van der Waals surface area contributed by atoms with Gasteiger partial charge in [-0.3, -0.25) is 4.79 Å². The molecule has 7 nitrogen and oxygen atoms in total. The Balaban J connectivity index is 1.36. The van der Waals surface area contributed by atoms with E-state index in [4.69, 9.17) is 11.6 Å². The van der Waals surface area contributed by atoms with E-state index in [1.54, 1.807) is 28.3 Å². The second-order valence-corrected chi connectivity index (χ2v) is 8.51. The third kappa shape index (κ3) is 4.69. The molecule has 29 heavy (non-hydrogen) atoms. The molecule has 0 bridgehead atoms. The maximum Gasteiger partial charge on any atom is 0.235 e. The Hall–Kier alpha value is -2.62. The van der Waals surface area contributed by atoms with Crippen LogP contribution in [0.15, 0.2) is 59.2 Å². The molecular weight excluding hydrogens is 428 g/mol. The number of nitrogens with zero attached hydrogens (tertiary/aromatic N) is 5. The molecule has 3 heterocycles. The van der Waals surface area contributed by atoms with E-state index in [-0.39, 0.29) is 11.7 Å². The summed E-state index contributed by atoms with van der Waals surface area (Å²) in [6.07, 6.45) is 1.66. The Bertz CT molecular complexity index is 1100. The predicted octanol–water partition coefficient (Wildman–Crippen LogP) is 4.17. The fraction of sp³-hybridized carbons (Fsp3) is 0.158. The quantitative estimate of drug-likeness (QED) is 0.433. The molecule has 10 heteroatoms. The lowest BCUT2D eigenvalue weighted by molar-refractivity contribution is -0.113. The van der Waals surface area contributed by atoms with Gasteiger partial charge < -0.3 is 9.88 Å². The van der Waals surface area contributed by atoms with Crippen molar-refractivity contribution in [3.63, 3.8) is 0 Å². The standard InChI is InChI=1S/C19H17ClN6OS2/c1-25-18(15-3-2-10-28-15)23-24-19(25)29-12-17(27)22-16-8-9-21-26(16)11-13-4-6-14(20)7-5-13/h2-10H,11-12H2,1H3,(H,22,27). The summed E-state index contributed by atoms with van der Waals surface area (Å²) < 4.78 is 3.64. The molecule has 0 aliphatic rings. The maximum atomic E-state index is 12.4. The Kier molecular flexibility index (Phi) is 5.98. The van der Waals surface area contributed by atoms with E-state index in [1.807, 2.05) is 53.4 Å². The molecule has 0 aliphatic heterocycles. The van der Waals surface area contributed by atoms with Gasteiger partial charge in [-0.1, -0.05) is 41.6 Å². The van der Waals surface area contributed by atoms with Crippen molar-refractivity contribution in [2.24, 2.45) is 7.05 Å². The first-order valence-electron chi connectivity index (χ1n) is 8.72. The van der Waals surface area contributed by atoms with Crippen LogP contribution in [0.4, 0.5) is 5.82 Å². The number of halogens is 1. The fourth-order valence-electron chi connectivity index (χ4n) is 2.70. The molecule has 0 saturated carbocycles. The number of amides is 1. The van der Waals surface area contributed by atoms with Gasteiger partial charge in [0, 0.05) is 18.1 Å². The van der Waals surface area contributed by atoms with Crippen LogP contribution in [-0.4, -0.2) is 36.2 Å². The number of hydrogen-bond acceptors (Lipinski definition) is 6. The lowest BCUT2D eigenvalue weighted by Gasteiger charge is -2.09. The number of benzene rings is 1. The van der Waals surface area contributed by atoms with Gasteiger partial charge in [-0.2, -0.15) is 5.10 Å². The molecule has 0 atom stereocenters. The van der Waals surface area contributed by atoms with Gasteiger partial charge in [0.2, 0.25) is 5.91 Å². The summed E-state index contributed by atoms with van der Waals surface area (Å²) >= 11 is 8.88. The van der Waals surface area contributed by atoms with Gasteiger partial charge in [0.1, 0.15) is 5.82 Å². The van der Waals surface area contributed by atoms with Gasteiger partial charge in [-0.15, -0.1) is 21.5 Å². The monoisotopic (exact) mass is 444 g/mol. The minimum absolute atomic E-state index is 0.131. The highest BCUT2D eigenvalue weighted by Gasteiger charge is 2.14. The number of thioether (sulfide) groups is 1. The van der Waals surface area contributed by atoms with Crippen LogP contribution in [0.1, 0.15) is 5.56 Å². The van der Waals surface area contributed by atoms with Crippen molar-refractivity contribution in [1.29, 1.82) is 0 Å². The number of aromatic nitrogens is 5. The molecule has 4 rings (SSSR count). The van der Waals surface area contributed by atoms with Crippen molar-refractivity contribution in [3.8, 4) is 10.7 Å². The number of hydrogen-bond donors (Lipinski definition) is 1. The lowest BCUT2D eigenvalue weighted by atomic mass is 10.2. The van der Waals surface area contributed by atoms with Crippen LogP contribution in [-0.2, 0) is 18.4 Å². The van der Waals surface area contributed by atoms with Gasteiger partial charge in [-0.25, -0.2) is 4.68 Å². The lowest BCUT2D eigenvalue weighted by Crippen LogP contribution is -2.18. The second-order valence-electron chi connectivity index (χ2n) is 6.18. The van der Waals surface area contributed by atoms with E-state index >= 15 is 0 Å². The summed E-state index contributed by atoms with van der Waals surface area (Å²) in [7, 11) is 1.90. The first-order valence-corrected chi connectivity index (χ1v) is 11.0. The number of anilines is 1. The number of nitrogens with one attached hydrogen (secondary N) is 1. The Morgan fingerprint density at radius 3 is 2.79 bits per heavy atom. The zero-order valence-electron chi connectivity index (χ0n) is 15.4. The number of thiophene rings is 1. The molecule has 1 aromatic carbocycles. The highest BCUT2D eigenvalue weighted by atomic mass is 35.5. The van der Waals surface area contributed by atoms with Gasteiger partial charge >= 0.3 is 0 Å². The first-order chi connectivity index (χ1) is 14.1. The summed E-state index contributed by atoms with van der Waals surface area (Å²) in [5.74, 6) is 1.53. The van der Waals surface area contributed by atoms with Gasteiger partial charge in [0.05, 0.1) is 23.4 Å². The number of carbonyl (C=O) groups excluding carboxylic acids is 1. The smallest absolute Gasteiger partial charge is 0.235 e. The topological polar surface area (TPSA) is 77.6 Å². The summed E-state index contributed by atoms with van der Waals surface area (Å²) in [5.41, 5.74) is 1.04. The highest BCUT2D eigenvalue weighted by Crippen LogP contribution is 2.26. The van der Waals surface area contributed by atoms with Gasteiger partial charge in [0.25, 0.3) is 0 Å². The zero-order chi connectivity index (χ0) is 20.2. The van der Waals surface area contributed by atoms with Gasteiger partial charge in [-0.05, 0) is 29.1 Å². The Morgan fingerprint density at radius 2 is 2.03 bits per heavy atom. The van der Waals surface area contributed by atoms with Crippen molar-refractivity contribution in [2.75, 3.05) is 11.1 Å². The maximum absolute atomic E-state index is 12.4. The van der Waals surface area contributed by atoms with Crippen LogP contribution >= 0.6 is 34.7 Å². The highest BCUT2D eigenvalue weighted by molar-refractivity contribution is 7.99. The molecule has 0 radical (unpaired) electrons. The Labute approximate surface area is 180 Å². The molecule has 0 fully saturated rings. The SMILES string of the molecule is Cn1c(SCC(=O)Nc2ccnn2Cc2ccc(Cl)cc2)nnc1-c1cccs1. The summed E-state index contributed by atoms with van der Waals surface area (Å²) in [4.78, 5) is 13.5. The molecule has 0 spiro atoms. The van der Waals surface area contributed by atoms with Crippen LogP contribution < -0.4 is 5.32 Å². The molecule has 0 unspecified atom stereocenters. The van der Waals surface area contributed by atoms with Crippen molar-refractivity contribution in [1.82, 2.24) is 24.5 Å². The number of rotatable bonds is 7. The molecule has 1 N–H and O–H groups in total. The number of carbonyl (C=O) groups is 1. The van der Waals surface area contributed by atoms with Crippen molar-refractivity contribution < 1.29 is 4.79 Å². The van der Waals surface area contributed by atoms with E-state index in [1.165, 1.54) is 11.8 Å². The molecular formula is C19H17ClN6OS2. The molecule has 1 amide bonds. The summed E-state index contributed by atoms with van der Waals surface area (Å²) in [6, 6.07) is 13.3. The first kappa shape index (κ1) is 19.7. The molecule has 4 aromatic rings. The second kappa shape index (κ2) is 8.81. The third-order valence-electron chi connectivity index (χ3n) is 4.14. The average molecular weight is 445 g/mol. The molecule has 148 valence electrons.